The van der Waals surface area contributed by atoms with Gasteiger partial charge in [-0.25, -0.2) is 4.39 Å². The highest BCUT2D eigenvalue weighted by atomic mass is 19.1. The van der Waals surface area contributed by atoms with Crippen LogP contribution in [0.15, 0.2) is 48.5 Å². The Hall–Kier alpha value is -2.36. The molecule has 0 radical (unpaired) electrons. The standard InChI is InChI=1S/C13H11FN2O/c14-12-8-9(15)6-7-11(12)13(17)16-10-4-2-1-3-5-10/h1-8H,15H2,(H,16,17). The Kier molecular flexibility index (Phi) is 3.05. The first-order chi connectivity index (χ1) is 8.16. The van der Waals surface area contributed by atoms with Gasteiger partial charge in [0.25, 0.3) is 5.91 Å². The van der Waals surface area contributed by atoms with E-state index in [0.29, 0.717) is 11.4 Å². The molecule has 0 saturated carbocycles. The molecule has 17 heavy (non-hydrogen) atoms. The molecule has 0 atom stereocenters. The molecular weight excluding hydrogens is 219 g/mol. The summed E-state index contributed by atoms with van der Waals surface area (Å²) in [5.41, 5.74) is 6.29. The van der Waals surface area contributed by atoms with E-state index in [1.807, 2.05) is 6.07 Å². The molecule has 2 aromatic carbocycles. The second-order valence-corrected chi connectivity index (χ2v) is 3.56. The molecule has 0 aromatic heterocycles. The van der Waals surface area contributed by atoms with Gasteiger partial charge in [0.1, 0.15) is 5.82 Å². The fourth-order valence-electron chi connectivity index (χ4n) is 1.44. The van der Waals surface area contributed by atoms with Crippen LogP contribution in [-0.2, 0) is 0 Å². The number of carbonyl (C=O) groups is 1. The number of anilines is 2. The Morgan fingerprint density at radius 2 is 1.82 bits per heavy atom. The SMILES string of the molecule is Nc1ccc(C(=O)Nc2ccccc2)c(F)c1. The Labute approximate surface area is 98.1 Å². The van der Waals surface area contributed by atoms with Gasteiger partial charge in [0.15, 0.2) is 0 Å². The molecule has 2 aromatic rings. The van der Waals surface area contributed by atoms with Gasteiger partial charge >= 0.3 is 0 Å². The summed E-state index contributed by atoms with van der Waals surface area (Å²) >= 11 is 0. The molecule has 2 rings (SSSR count). The fraction of sp³-hybridized carbons (Fsp3) is 0. The Balaban J connectivity index is 2.21. The van der Waals surface area contributed by atoms with Crippen LogP contribution >= 0.6 is 0 Å². The van der Waals surface area contributed by atoms with Crippen molar-refractivity contribution in [2.75, 3.05) is 11.1 Å². The first-order valence-electron chi connectivity index (χ1n) is 5.08. The van der Waals surface area contributed by atoms with Crippen molar-refractivity contribution < 1.29 is 9.18 Å². The number of amides is 1. The van der Waals surface area contributed by atoms with Gasteiger partial charge in [-0.05, 0) is 30.3 Å². The molecule has 0 aliphatic carbocycles. The third kappa shape index (κ3) is 2.60. The van der Waals surface area contributed by atoms with E-state index in [2.05, 4.69) is 5.32 Å². The number of rotatable bonds is 2. The van der Waals surface area contributed by atoms with E-state index < -0.39 is 11.7 Å². The summed E-state index contributed by atoms with van der Waals surface area (Å²) in [7, 11) is 0. The van der Waals surface area contributed by atoms with Crippen LogP contribution in [0.4, 0.5) is 15.8 Å². The fourth-order valence-corrected chi connectivity index (χ4v) is 1.44. The molecule has 0 heterocycles. The van der Waals surface area contributed by atoms with E-state index in [-0.39, 0.29) is 5.56 Å². The van der Waals surface area contributed by atoms with Gasteiger partial charge in [-0.2, -0.15) is 0 Å². The minimum Gasteiger partial charge on any atom is -0.399 e. The zero-order valence-electron chi connectivity index (χ0n) is 8.98. The van der Waals surface area contributed by atoms with Crippen molar-refractivity contribution >= 4 is 17.3 Å². The van der Waals surface area contributed by atoms with Crippen LogP contribution in [0, 0.1) is 5.82 Å². The van der Waals surface area contributed by atoms with Crippen molar-refractivity contribution in [2.24, 2.45) is 0 Å². The topological polar surface area (TPSA) is 55.1 Å². The summed E-state index contributed by atoms with van der Waals surface area (Å²) in [6.45, 7) is 0. The van der Waals surface area contributed by atoms with Crippen LogP contribution < -0.4 is 11.1 Å². The quantitative estimate of drug-likeness (QED) is 0.779. The summed E-state index contributed by atoms with van der Waals surface area (Å²) in [6.07, 6.45) is 0. The number of para-hydroxylation sites is 1. The number of nitrogens with two attached hydrogens (primary N) is 1. The van der Waals surface area contributed by atoms with Crippen LogP contribution in [0.25, 0.3) is 0 Å². The van der Waals surface area contributed by atoms with E-state index in [4.69, 9.17) is 5.73 Å². The maximum absolute atomic E-state index is 13.5. The summed E-state index contributed by atoms with van der Waals surface area (Å²) < 4.78 is 13.5. The van der Waals surface area contributed by atoms with Gasteiger partial charge in [0.2, 0.25) is 0 Å². The van der Waals surface area contributed by atoms with Crippen molar-refractivity contribution in [3.8, 4) is 0 Å². The number of hydrogen-bond acceptors (Lipinski definition) is 2. The lowest BCUT2D eigenvalue weighted by molar-refractivity contribution is 0.102. The van der Waals surface area contributed by atoms with Crippen LogP contribution in [0.5, 0.6) is 0 Å². The zero-order chi connectivity index (χ0) is 12.3. The number of carbonyl (C=O) groups excluding carboxylic acids is 1. The highest BCUT2D eigenvalue weighted by Gasteiger charge is 2.11. The summed E-state index contributed by atoms with van der Waals surface area (Å²) in [4.78, 5) is 11.8. The molecule has 0 unspecified atom stereocenters. The van der Waals surface area contributed by atoms with E-state index in [0.717, 1.165) is 6.07 Å². The Morgan fingerprint density at radius 3 is 2.47 bits per heavy atom. The normalized spacial score (nSPS) is 9.94. The molecule has 3 N–H and O–H groups in total. The second-order valence-electron chi connectivity index (χ2n) is 3.56. The largest absolute Gasteiger partial charge is 0.399 e. The van der Waals surface area contributed by atoms with Gasteiger partial charge in [-0.15, -0.1) is 0 Å². The van der Waals surface area contributed by atoms with Crippen molar-refractivity contribution in [1.82, 2.24) is 0 Å². The predicted molar refractivity (Wildman–Crippen MR) is 65.2 cm³/mol. The highest BCUT2D eigenvalue weighted by Crippen LogP contribution is 2.14. The summed E-state index contributed by atoms with van der Waals surface area (Å²) in [5, 5.41) is 2.60. The molecule has 0 fully saturated rings. The van der Waals surface area contributed by atoms with Gasteiger partial charge < -0.3 is 11.1 Å². The minimum atomic E-state index is -0.626. The highest BCUT2D eigenvalue weighted by molar-refractivity contribution is 6.04. The number of hydrogen-bond donors (Lipinski definition) is 2. The third-order valence-corrected chi connectivity index (χ3v) is 2.27. The number of halogens is 1. The maximum Gasteiger partial charge on any atom is 0.258 e. The zero-order valence-corrected chi connectivity index (χ0v) is 8.98. The minimum absolute atomic E-state index is 0.0250. The van der Waals surface area contributed by atoms with Gasteiger partial charge in [-0.3, -0.25) is 4.79 Å². The molecule has 0 saturated heterocycles. The number of nitrogen functional groups attached to an aromatic ring is 1. The van der Waals surface area contributed by atoms with Crippen molar-refractivity contribution in [1.29, 1.82) is 0 Å². The third-order valence-electron chi connectivity index (χ3n) is 2.27. The molecular formula is C13H11FN2O. The van der Waals surface area contributed by atoms with Crippen LogP contribution in [0.1, 0.15) is 10.4 Å². The lowest BCUT2D eigenvalue weighted by atomic mass is 10.1. The van der Waals surface area contributed by atoms with Gasteiger partial charge in [0.05, 0.1) is 5.56 Å². The molecule has 0 aliphatic rings. The Bertz CT molecular complexity index is 540. The van der Waals surface area contributed by atoms with Gasteiger partial charge in [-0.1, -0.05) is 18.2 Å². The molecule has 0 aliphatic heterocycles. The molecule has 0 spiro atoms. The molecule has 86 valence electrons. The number of nitrogens with one attached hydrogen (secondary N) is 1. The van der Waals surface area contributed by atoms with Crippen LogP contribution in [0.2, 0.25) is 0 Å². The van der Waals surface area contributed by atoms with E-state index >= 15 is 0 Å². The van der Waals surface area contributed by atoms with Crippen molar-refractivity contribution in [3.05, 3.63) is 59.9 Å². The Morgan fingerprint density at radius 1 is 1.12 bits per heavy atom. The van der Waals surface area contributed by atoms with Crippen molar-refractivity contribution in [2.45, 2.75) is 0 Å². The van der Waals surface area contributed by atoms with Gasteiger partial charge in [0, 0.05) is 11.4 Å². The first kappa shape index (κ1) is 11.1. The monoisotopic (exact) mass is 230 g/mol. The predicted octanol–water partition coefficient (Wildman–Crippen LogP) is 2.66. The smallest absolute Gasteiger partial charge is 0.258 e. The molecule has 0 bridgehead atoms. The summed E-state index contributed by atoms with van der Waals surface area (Å²) in [6, 6.07) is 12.8. The molecule has 4 heteroatoms. The molecule has 3 nitrogen and oxygen atoms in total. The van der Waals surface area contributed by atoms with Crippen LogP contribution in [-0.4, -0.2) is 5.91 Å². The van der Waals surface area contributed by atoms with E-state index in [1.54, 1.807) is 24.3 Å². The molecule has 1 amide bonds. The second kappa shape index (κ2) is 4.65. The lowest BCUT2D eigenvalue weighted by Gasteiger charge is -2.06. The maximum atomic E-state index is 13.5. The number of benzene rings is 2. The van der Waals surface area contributed by atoms with Crippen molar-refractivity contribution in [3.63, 3.8) is 0 Å². The van der Waals surface area contributed by atoms with E-state index in [1.165, 1.54) is 12.1 Å². The average molecular weight is 230 g/mol. The van der Waals surface area contributed by atoms with Crippen LogP contribution in [0.3, 0.4) is 0 Å². The summed E-state index contributed by atoms with van der Waals surface area (Å²) in [5.74, 6) is -1.12. The lowest BCUT2D eigenvalue weighted by Crippen LogP contribution is -2.13. The average Bonchev–Trinajstić information content (AvgIpc) is 2.30. The first-order valence-corrected chi connectivity index (χ1v) is 5.08. The van der Waals surface area contributed by atoms with E-state index in [9.17, 15) is 9.18 Å².